The van der Waals surface area contributed by atoms with Crippen LogP contribution >= 0.6 is 0 Å². The topological polar surface area (TPSA) is 18.5 Å². The van der Waals surface area contributed by atoms with Gasteiger partial charge in [-0.2, -0.15) is 0 Å². The molecule has 0 fully saturated rings. The van der Waals surface area contributed by atoms with Crippen LogP contribution in [0.15, 0.2) is 23.8 Å². The van der Waals surface area contributed by atoms with Gasteiger partial charge in [0.15, 0.2) is 0 Å². The quantitative estimate of drug-likeness (QED) is 0.484. The molecule has 1 aliphatic carbocycles. The third-order valence-corrected chi connectivity index (χ3v) is 5.80. The first kappa shape index (κ1) is 17.4. The SMILES string of the molecule is CCCCCc1cc(OC)c2c(c1)OC(C)(C)[C@@H]1CCC(C)=C[C@@H]21. The van der Waals surface area contributed by atoms with Crippen molar-refractivity contribution < 1.29 is 9.47 Å². The summed E-state index contributed by atoms with van der Waals surface area (Å²) in [4.78, 5) is 0. The highest BCUT2D eigenvalue weighted by Gasteiger charge is 2.45. The number of ether oxygens (including phenoxy) is 2. The van der Waals surface area contributed by atoms with Crippen LogP contribution in [0, 0.1) is 5.92 Å². The van der Waals surface area contributed by atoms with E-state index in [1.54, 1.807) is 7.11 Å². The van der Waals surface area contributed by atoms with Crippen LogP contribution in [0.2, 0.25) is 0 Å². The Labute approximate surface area is 147 Å². The molecule has 0 saturated carbocycles. The molecule has 1 aliphatic heterocycles. The summed E-state index contributed by atoms with van der Waals surface area (Å²) in [7, 11) is 1.79. The normalized spacial score (nSPS) is 24.5. The van der Waals surface area contributed by atoms with Gasteiger partial charge in [-0.25, -0.2) is 0 Å². The number of benzene rings is 1. The molecule has 3 rings (SSSR count). The molecule has 24 heavy (non-hydrogen) atoms. The van der Waals surface area contributed by atoms with Gasteiger partial charge in [0, 0.05) is 17.4 Å². The minimum Gasteiger partial charge on any atom is -0.496 e. The van der Waals surface area contributed by atoms with Crippen molar-refractivity contribution in [1.29, 1.82) is 0 Å². The van der Waals surface area contributed by atoms with E-state index >= 15 is 0 Å². The average Bonchev–Trinajstić information content (AvgIpc) is 2.53. The molecule has 1 heterocycles. The third kappa shape index (κ3) is 3.20. The van der Waals surface area contributed by atoms with Crippen molar-refractivity contribution in [3.63, 3.8) is 0 Å². The van der Waals surface area contributed by atoms with Crippen molar-refractivity contribution in [2.75, 3.05) is 7.11 Å². The molecule has 0 saturated heterocycles. The maximum atomic E-state index is 6.50. The van der Waals surface area contributed by atoms with Crippen LogP contribution in [0.3, 0.4) is 0 Å². The number of methoxy groups -OCH3 is 1. The summed E-state index contributed by atoms with van der Waals surface area (Å²) in [5.74, 6) is 2.99. The summed E-state index contributed by atoms with van der Waals surface area (Å²) in [6, 6.07) is 4.51. The molecule has 0 radical (unpaired) electrons. The number of rotatable bonds is 5. The van der Waals surface area contributed by atoms with E-state index in [-0.39, 0.29) is 5.60 Å². The molecule has 2 atom stereocenters. The molecule has 2 aliphatic rings. The highest BCUT2D eigenvalue weighted by molar-refractivity contribution is 5.54. The van der Waals surface area contributed by atoms with Gasteiger partial charge in [-0.05, 0) is 64.2 Å². The molecule has 0 unspecified atom stereocenters. The van der Waals surface area contributed by atoms with Gasteiger partial charge in [-0.1, -0.05) is 31.4 Å². The first-order valence-electron chi connectivity index (χ1n) is 9.53. The molecular formula is C22H32O2. The first-order chi connectivity index (χ1) is 11.5. The van der Waals surface area contributed by atoms with Gasteiger partial charge in [0.25, 0.3) is 0 Å². The van der Waals surface area contributed by atoms with Gasteiger partial charge in [0.1, 0.15) is 17.1 Å². The van der Waals surface area contributed by atoms with Gasteiger partial charge >= 0.3 is 0 Å². The fourth-order valence-corrected chi connectivity index (χ4v) is 4.45. The monoisotopic (exact) mass is 328 g/mol. The summed E-state index contributed by atoms with van der Waals surface area (Å²) < 4.78 is 12.3. The zero-order valence-corrected chi connectivity index (χ0v) is 15.9. The van der Waals surface area contributed by atoms with Crippen LogP contribution in [0.1, 0.15) is 76.8 Å². The van der Waals surface area contributed by atoms with Crippen molar-refractivity contribution in [2.24, 2.45) is 5.92 Å². The second kappa shape index (κ2) is 6.82. The Morgan fingerprint density at radius 2 is 2.04 bits per heavy atom. The molecule has 0 N–H and O–H groups in total. The van der Waals surface area contributed by atoms with Gasteiger partial charge in [-0.15, -0.1) is 0 Å². The summed E-state index contributed by atoms with van der Waals surface area (Å²) in [5, 5.41) is 0. The van der Waals surface area contributed by atoms with E-state index < -0.39 is 0 Å². The molecule has 0 spiro atoms. The minimum atomic E-state index is -0.123. The zero-order valence-electron chi connectivity index (χ0n) is 15.9. The Balaban J connectivity index is 2.03. The largest absolute Gasteiger partial charge is 0.496 e. The van der Waals surface area contributed by atoms with E-state index in [1.807, 2.05) is 0 Å². The molecule has 0 bridgehead atoms. The smallest absolute Gasteiger partial charge is 0.127 e. The van der Waals surface area contributed by atoms with Gasteiger partial charge in [0.05, 0.1) is 7.11 Å². The van der Waals surface area contributed by atoms with Crippen LogP contribution in [-0.2, 0) is 6.42 Å². The zero-order chi connectivity index (χ0) is 17.3. The highest BCUT2D eigenvalue weighted by atomic mass is 16.5. The predicted molar refractivity (Wildman–Crippen MR) is 100 cm³/mol. The molecule has 132 valence electrons. The maximum absolute atomic E-state index is 6.50. The number of hydrogen-bond acceptors (Lipinski definition) is 2. The lowest BCUT2D eigenvalue weighted by atomic mass is 9.68. The summed E-state index contributed by atoms with van der Waals surface area (Å²) in [5.41, 5.74) is 3.97. The van der Waals surface area contributed by atoms with Crippen LogP contribution < -0.4 is 9.47 Å². The lowest BCUT2D eigenvalue weighted by molar-refractivity contribution is 0.0107. The van der Waals surface area contributed by atoms with Gasteiger partial charge in [0.2, 0.25) is 0 Å². The van der Waals surface area contributed by atoms with Crippen molar-refractivity contribution in [2.45, 2.75) is 77.7 Å². The maximum Gasteiger partial charge on any atom is 0.127 e. The number of aryl methyl sites for hydroxylation is 1. The number of hydrogen-bond donors (Lipinski definition) is 0. The Kier molecular flexibility index (Phi) is 4.94. The number of fused-ring (bicyclic) bond motifs is 3. The Morgan fingerprint density at radius 1 is 1.25 bits per heavy atom. The van der Waals surface area contributed by atoms with Crippen molar-refractivity contribution in [3.05, 3.63) is 34.9 Å². The van der Waals surface area contributed by atoms with Crippen molar-refractivity contribution in [3.8, 4) is 11.5 Å². The Morgan fingerprint density at radius 3 is 2.75 bits per heavy atom. The first-order valence-corrected chi connectivity index (χ1v) is 9.53. The molecular weight excluding hydrogens is 296 g/mol. The number of unbranched alkanes of at least 4 members (excludes halogenated alkanes) is 2. The second-order valence-electron chi connectivity index (χ2n) is 8.06. The summed E-state index contributed by atoms with van der Waals surface area (Å²) in [6.07, 6.45) is 9.69. The van der Waals surface area contributed by atoms with Crippen molar-refractivity contribution in [1.82, 2.24) is 0 Å². The lowest BCUT2D eigenvalue weighted by Crippen LogP contribution is -2.45. The van der Waals surface area contributed by atoms with E-state index in [1.165, 1.54) is 48.8 Å². The van der Waals surface area contributed by atoms with E-state index in [0.29, 0.717) is 11.8 Å². The Hall–Kier alpha value is -1.44. The van der Waals surface area contributed by atoms with Gasteiger partial charge in [-0.3, -0.25) is 0 Å². The molecule has 0 amide bonds. The standard InChI is InChI=1S/C22H32O2/c1-6-7-8-9-16-13-19(23-5)21-17-12-15(2)10-11-18(17)22(3,4)24-20(21)14-16/h12-14,17-18H,6-11H2,1-5H3/t17-,18-/m1/s1. The highest BCUT2D eigenvalue weighted by Crippen LogP contribution is 2.53. The second-order valence-corrected chi connectivity index (χ2v) is 8.06. The molecule has 0 aromatic heterocycles. The average molecular weight is 328 g/mol. The van der Waals surface area contributed by atoms with E-state index in [4.69, 9.17) is 9.47 Å². The van der Waals surface area contributed by atoms with E-state index in [9.17, 15) is 0 Å². The van der Waals surface area contributed by atoms with Crippen LogP contribution in [0.5, 0.6) is 11.5 Å². The fourth-order valence-electron chi connectivity index (χ4n) is 4.45. The van der Waals surface area contributed by atoms with Crippen LogP contribution in [0.4, 0.5) is 0 Å². The lowest BCUT2D eigenvalue weighted by Gasteiger charge is -2.46. The molecule has 1 aromatic carbocycles. The van der Waals surface area contributed by atoms with Crippen LogP contribution in [0.25, 0.3) is 0 Å². The minimum absolute atomic E-state index is 0.123. The number of allylic oxidation sites excluding steroid dienone is 2. The van der Waals surface area contributed by atoms with Crippen LogP contribution in [-0.4, -0.2) is 12.7 Å². The van der Waals surface area contributed by atoms with E-state index in [0.717, 1.165) is 17.9 Å². The predicted octanol–water partition coefficient (Wildman–Crippen LogP) is 6.04. The molecule has 1 aromatic rings. The van der Waals surface area contributed by atoms with E-state index in [2.05, 4.69) is 45.9 Å². The fraction of sp³-hybridized carbons (Fsp3) is 0.636. The summed E-state index contributed by atoms with van der Waals surface area (Å²) >= 11 is 0. The van der Waals surface area contributed by atoms with Crippen molar-refractivity contribution >= 4 is 0 Å². The summed E-state index contributed by atoms with van der Waals surface area (Å²) in [6.45, 7) is 9.00. The molecule has 2 nitrogen and oxygen atoms in total. The van der Waals surface area contributed by atoms with Gasteiger partial charge < -0.3 is 9.47 Å². The Bertz CT molecular complexity index is 627. The molecule has 2 heteroatoms. The third-order valence-electron chi connectivity index (χ3n) is 5.80.